The predicted molar refractivity (Wildman–Crippen MR) is 82.6 cm³/mol. The maximum Gasteiger partial charge on any atom is 0.311 e. The van der Waals surface area contributed by atoms with Gasteiger partial charge in [-0.1, -0.05) is 6.07 Å². The van der Waals surface area contributed by atoms with E-state index < -0.39 is 4.92 Å². The Kier molecular flexibility index (Phi) is 4.84. The van der Waals surface area contributed by atoms with E-state index in [0.29, 0.717) is 5.56 Å². The molecule has 0 aliphatic heterocycles. The minimum absolute atomic E-state index is 0.0943. The Hall–Kier alpha value is -1.60. The summed E-state index contributed by atoms with van der Waals surface area (Å²) < 4.78 is 8.10. The Labute approximate surface area is 134 Å². The summed E-state index contributed by atoms with van der Waals surface area (Å²) in [6, 6.07) is 4.69. The van der Waals surface area contributed by atoms with Gasteiger partial charge in [-0.05, 0) is 34.5 Å². The Morgan fingerprint density at radius 1 is 1.52 bits per heavy atom. The molecule has 0 aliphatic carbocycles. The van der Waals surface area contributed by atoms with Gasteiger partial charge in [0, 0.05) is 19.0 Å². The van der Waals surface area contributed by atoms with E-state index in [-0.39, 0.29) is 23.9 Å². The summed E-state index contributed by atoms with van der Waals surface area (Å²) in [7, 11) is 1.79. The molecule has 0 bridgehead atoms. The molecular formula is C13H13BrClN3O3. The summed E-state index contributed by atoms with van der Waals surface area (Å²) in [4.78, 5) is 10.6. The molecule has 6 nitrogen and oxygen atoms in total. The zero-order valence-electron chi connectivity index (χ0n) is 11.5. The second-order valence-corrected chi connectivity index (χ2v) is 5.51. The van der Waals surface area contributed by atoms with Crippen LogP contribution in [0.3, 0.4) is 0 Å². The maximum absolute atomic E-state index is 11.1. The molecule has 8 heteroatoms. The lowest BCUT2D eigenvalue weighted by molar-refractivity contribution is -0.386. The van der Waals surface area contributed by atoms with Crippen LogP contribution in [0.2, 0.25) is 0 Å². The molecule has 0 aliphatic rings. The maximum atomic E-state index is 11.1. The first-order chi connectivity index (χ1) is 9.93. The van der Waals surface area contributed by atoms with E-state index in [9.17, 15) is 10.1 Å². The van der Waals surface area contributed by atoms with Crippen molar-refractivity contribution < 1.29 is 9.66 Å². The quantitative estimate of drug-likeness (QED) is 0.454. The van der Waals surface area contributed by atoms with Gasteiger partial charge in [-0.15, -0.1) is 11.6 Å². The lowest BCUT2D eigenvalue weighted by atomic mass is 10.2. The van der Waals surface area contributed by atoms with Gasteiger partial charge in [0.25, 0.3) is 0 Å². The molecule has 1 aromatic heterocycles. The molecule has 1 heterocycles. The smallest absolute Gasteiger partial charge is 0.311 e. The van der Waals surface area contributed by atoms with Crippen LogP contribution in [0.25, 0.3) is 0 Å². The molecule has 0 fully saturated rings. The first kappa shape index (κ1) is 15.8. The van der Waals surface area contributed by atoms with Crippen LogP contribution in [0.5, 0.6) is 5.75 Å². The number of aryl methyl sites for hydroxylation is 2. The highest BCUT2D eigenvalue weighted by atomic mass is 79.9. The van der Waals surface area contributed by atoms with E-state index in [1.54, 1.807) is 23.9 Å². The minimum Gasteiger partial charge on any atom is -0.480 e. The van der Waals surface area contributed by atoms with Crippen molar-refractivity contribution in [3.8, 4) is 5.75 Å². The monoisotopic (exact) mass is 373 g/mol. The number of hydrogen-bond acceptors (Lipinski definition) is 4. The molecule has 0 saturated heterocycles. The van der Waals surface area contributed by atoms with E-state index in [1.165, 1.54) is 6.07 Å². The minimum atomic E-state index is -0.477. The number of aromatic nitrogens is 2. The summed E-state index contributed by atoms with van der Waals surface area (Å²) in [6.07, 6.45) is 0. The predicted octanol–water partition coefficient (Wildman–Crippen LogP) is 3.72. The van der Waals surface area contributed by atoms with Gasteiger partial charge in [-0.3, -0.25) is 14.8 Å². The molecule has 0 amide bonds. The summed E-state index contributed by atoms with van der Waals surface area (Å²) in [6.45, 7) is 2.05. The molecule has 0 atom stereocenters. The Morgan fingerprint density at radius 2 is 2.24 bits per heavy atom. The van der Waals surface area contributed by atoms with Crippen LogP contribution >= 0.6 is 27.5 Å². The van der Waals surface area contributed by atoms with E-state index >= 15 is 0 Å². The lowest BCUT2D eigenvalue weighted by Crippen LogP contribution is -2.05. The van der Waals surface area contributed by atoms with Crippen molar-refractivity contribution >= 4 is 33.2 Å². The fourth-order valence-corrected chi connectivity index (χ4v) is 2.51. The third-order valence-electron chi connectivity index (χ3n) is 3.00. The van der Waals surface area contributed by atoms with Crippen molar-refractivity contribution in [3.63, 3.8) is 0 Å². The van der Waals surface area contributed by atoms with E-state index in [1.807, 2.05) is 6.92 Å². The van der Waals surface area contributed by atoms with Crippen LogP contribution in [0.4, 0.5) is 5.69 Å². The molecule has 2 rings (SSSR count). The lowest BCUT2D eigenvalue weighted by Gasteiger charge is -2.08. The Bertz CT molecular complexity index is 688. The molecule has 112 valence electrons. The summed E-state index contributed by atoms with van der Waals surface area (Å²) in [5.74, 6) is 0.424. The van der Waals surface area contributed by atoms with Crippen molar-refractivity contribution in [2.75, 3.05) is 0 Å². The second-order valence-electron chi connectivity index (χ2n) is 4.45. The number of rotatable bonds is 5. The molecular weight excluding hydrogens is 362 g/mol. The molecule has 0 saturated carbocycles. The summed E-state index contributed by atoms with van der Waals surface area (Å²) in [5, 5.41) is 15.3. The molecule has 2 aromatic rings. The first-order valence-electron chi connectivity index (χ1n) is 6.08. The van der Waals surface area contributed by atoms with Gasteiger partial charge >= 0.3 is 5.69 Å². The van der Waals surface area contributed by atoms with Gasteiger partial charge in [-0.25, -0.2) is 0 Å². The van der Waals surface area contributed by atoms with E-state index in [0.717, 1.165) is 15.9 Å². The molecule has 0 N–H and O–H groups in total. The topological polar surface area (TPSA) is 70.2 Å². The average Bonchev–Trinajstić information content (AvgIpc) is 2.70. The molecule has 0 unspecified atom stereocenters. The molecule has 0 radical (unpaired) electrons. The van der Waals surface area contributed by atoms with E-state index in [2.05, 4.69) is 21.0 Å². The van der Waals surface area contributed by atoms with E-state index in [4.69, 9.17) is 16.3 Å². The zero-order valence-corrected chi connectivity index (χ0v) is 13.8. The van der Waals surface area contributed by atoms with Crippen molar-refractivity contribution in [2.45, 2.75) is 19.4 Å². The number of nitrogens with zero attached hydrogens (tertiary/aromatic N) is 3. The van der Waals surface area contributed by atoms with Gasteiger partial charge in [0.1, 0.15) is 6.61 Å². The van der Waals surface area contributed by atoms with Gasteiger partial charge in [-0.2, -0.15) is 5.10 Å². The highest BCUT2D eigenvalue weighted by Crippen LogP contribution is 2.30. The SMILES string of the molecule is Cc1nn(C)c(COc2ccc(CCl)cc2[N+](=O)[O-])c1Br. The first-order valence-corrected chi connectivity index (χ1v) is 7.40. The average molecular weight is 375 g/mol. The third kappa shape index (κ3) is 3.36. The largest absolute Gasteiger partial charge is 0.480 e. The highest BCUT2D eigenvalue weighted by Gasteiger charge is 2.18. The van der Waals surface area contributed by atoms with Gasteiger partial charge in [0.15, 0.2) is 5.75 Å². The number of benzene rings is 1. The van der Waals surface area contributed by atoms with Gasteiger partial charge in [0.2, 0.25) is 0 Å². The van der Waals surface area contributed by atoms with Gasteiger partial charge in [0.05, 0.1) is 20.8 Å². The number of halogens is 2. The number of alkyl halides is 1. The standard InChI is InChI=1S/C13H13BrClN3O3/c1-8-13(14)11(17(2)16-8)7-21-12-4-3-9(6-15)5-10(12)18(19)20/h3-5H,6-7H2,1-2H3. The number of ether oxygens (including phenoxy) is 1. The number of nitro groups is 1. The van der Waals surface area contributed by atoms with Crippen molar-refractivity contribution in [1.82, 2.24) is 9.78 Å². The van der Waals surface area contributed by atoms with Crippen LogP contribution in [0.15, 0.2) is 22.7 Å². The molecule has 1 aromatic carbocycles. The third-order valence-corrected chi connectivity index (χ3v) is 4.34. The normalized spacial score (nSPS) is 10.7. The summed E-state index contributed by atoms with van der Waals surface area (Å²) >= 11 is 9.12. The Morgan fingerprint density at radius 3 is 2.76 bits per heavy atom. The van der Waals surface area contributed by atoms with Crippen molar-refractivity contribution in [1.29, 1.82) is 0 Å². The van der Waals surface area contributed by atoms with Crippen molar-refractivity contribution in [3.05, 3.63) is 49.7 Å². The molecule has 21 heavy (non-hydrogen) atoms. The summed E-state index contributed by atoms with van der Waals surface area (Å²) in [5.41, 5.74) is 2.22. The van der Waals surface area contributed by atoms with Crippen molar-refractivity contribution in [2.24, 2.45) is 7.05 Å². The zero-order chi connectivity index (χ0) is 15.6. The van der Waals surface area contributed by atoms with Crippen LogP contribution in [-0.4, -0.2) is 14.7 Å². The van der Waals surface area contributed by atoms with Crippen LogP contribution in [0, 0.1) is 17.0 Å². The number of hydrogen-bond donors (Lipinski definition) is 0. The Balaban J connectivity index is 2.25. The van der Waals surface area contributed by atoms with Crippen LogP contribution in [-0.2, 0) is 19.5 Å². The van der Waals surface area contributed by atoms with Gasteiger partial charge < -0.3 is 4.74 Å². The fraction of sp³-hybridized carbons (Fsp3) is 0.308. The number of nitro benzene ring substituents is 1. The molecule has 0 spiro atoms. The second kappa shape index (κ2) is 6.44. The fourth-order valence-electron chi connectivity index (χ4n) is 1.89. The highest BCUT2D eigenvalue weighted by molar-refractivity contribution is 9.10. The van der Waals surface area contributed by atoms with Crippen LogP contribution < -0.4 is 4.74 Å². The van der Waals surface area contributed by atoms with Crippen LogP contribution in [0.1, 0.15) is 17.0 Å².